The zero-order chi connectivity index (χ0) is 22.0. The third-order valence-electron chi connectivity index (χ3n) is 4.96. The first-order chi connectivity index (χ1) is 15.0. The molecule has 1 amide bonds. The Kier molecular flexibility index (Phi) is 5.49. The summed E-state index contributed by atoms with van der Waals surface area (Å²) in [6, 6.07) is 18.4. The number of pyridine rings is 1. The van der Waals surface area contributed by atoms with Crippen LogP contribution >= 0.6 is 0 Å². The Labute approximate surface area is 179 Å². The van der Waals surface area contributed by atoms with Crippen LogP contribution in [0.1, 0.15) is 15.9 Å². The summed E-state index contributed by atoms with van der Waals surface area (Å²) in [6.07, 6.45) is 1.89. The number of hydrogen-bond donors (Lipinski definition) is 1. The molecule has 2 aromatic carbocycles. The summed E-state index contributed by atoms with van der Waals surface area (Å²) in [4.78, 5) is 25.5. The number of carboxylic acid groups (broad SMARTS) is 1. The van der Waals surface area contributed by atoms with Crippen molar-refractivity contribution < 1.29 is 24.2 Å². The highest BCUT2D eigenvalue weighted by Gasteiger charge is 2.23. The normalized spacial score (nSPS) is 10.9. The molecule has 0 radical (unpaired) electrons. The van der Waals surface area contributed by atoms with E-state index >= 15 is 0 Å². The zero-order valence-electron chi connectivity index (χ0n) is 17.2. The van der Waals surface area contributed by atoms with E-state index in [1.165, 1.54) is 4.90 Å². The van der Waals surface area contributed by atoms with E-state index in [1.54, 1.807) is 49.0 Å². The van der Waals surface area contributed by atoms with Crippen molar-refractivity contribution in [3.8, 4) is 11.5 Å². The fraction of sp³-hybridized carbons (Fsp3) is 0.167. The van der Waals surface area contributed by atoms with E-state index in [9.17, 15) is 14.7 Å². The van der Waals surface area contributed by atoms with Gasteiger partial charge in [-0.25, -0.2) is 9.59 Å². The molecule has 31 heavy (non-hydrogen) atoms. The van der Waals surface area contributed by atoms with Crippen LogP contribution in [0.4, 0.5) is 4.79 Å². The molecule has 4 rings (SSSR count). The van der Waals surface area contributed by atoms with Crippen molar-refractivity contribution in [2.45, 2.75) is 6.42 Å². The summed E-state index contributed by atoms with van der Waals surface area (Å²) in [5, 5.41) is 10.4. The zero-order valence-corrected chi connectivity index (χ0v) is 17.2. The Hall–Kier alpha value is -4.00. The molecule has 0 saturated carbocycles. The molecular formula is C24H22N2O5. The standard InChI is InChI=1S/C24H22N2O5/c1-25(2)24(29)31-17-14-19-21(22(23(27)28)18-10-6-7-12-26(18)19)20(15-17)30-13-11-16-8-4-3-5-9-16/h3-10,12,14-15H,11,13H2,1-2H3,(H,27,28). The van der Waals surface area contributed by atoms with Crippen LogP contribution in [0.3, 0.4) is 0 Å². The van der Waals surface area contributed by atoms with E-state index in [0.717, 1.165) is 5.56 Å². The summed E-state index contributed by atoms with van der Waals surface area (Å²) in [6.45, 7) is 0.343. The number of rotatable bonds is 6. The minimum atomic E-state index is -1.05. The van der Waals surface area contributed by atoms with Crippen molar-refractivity contribution >= 4 is 28.5 Å². The Bertz CT molecular complexity index is 1260. The molecular weight excluding hydrogens is 396 g/mol. The largest absolute Gasteiger partial charge is 0.492 e. The van der Waals surface area contributed by atoms with Crippen LogP contribution in [-0.4, -0.2) is 47.2 Å². The molecule has 0 saturated heterocycles. The Morgan fingerprint density at radius 2 is 1.74 bits per heavy atom. The number of benzene rings is 2. The number of nitrogens with zero attached hydrogens (tertiary/aromatic N) is 2. The van der Waals surface area contributed by atoms with Gasteiger partial charge >= 0.3 is 12.1 Å². The van der Waals surface area contributed by atoms with Crippen LogP contribution in [0.2, 0.25) is 0 Å². The van der Waals surface area contributed by atoms with Gasteiger partial charge in [0, 0.05) is 38.8 Å². The fourth-order valence-corrected chi connectivity index (χ4v) is 3.51. The second kappa shape index (κ2) is 8.39. The Morgan fingerprint density at radius 3 is 2.45 bits per heavy atom. The van der Waals surface area contributed by atoms with Crippen molar-refractivity contribution in [1.29, 1.82) is 0 Å². The minimum absolute atomic E-state index is 0.149. The number of ether oxygens (including phenoxy) is 2. The summed E-state index contributed by atoms with van der Waals surface area (Å²) < 4.78 is 13.3. The van der Waals surface area contributed by atoms with E-state index < -0.39 is 12.1 Å². The van der Waals surface area contributed by atoms with Crippen LogP contribution in [0.15, 0.2) is 66.9 Å². The molecule has 0 spiro atoms. The molecule has 0 aliphatic heterocycles. The molecule has 0 bridgehead atoms. The highest BCUT2D eigenvalue weighted by molar-refractivity contribution is 6.13. The number of hydrogen-bond acceptors (Lipinski definition) is 4. The molecule has 4 aromatic rings. The minimum Gasteiger partial charge on any atom is -0.492 e. The van der Waals surface area contributed by atoms with Crippen LogP contribution in [-0.2, 0) is 6.42 Å². The smallest absolute Gasteiger partial charge is 0.414 e. The maximum Gasteiger partial charge on any atom is 0.414 e. The third kappa shape index (κ3) is 4.02. The van der Waals surface area contributed by atoms with Crippen LogP contribution in [0.25, 0.3) is 16.4 Å². The van der Waals surface area contributed by atoms with Gasteiger partial charge < -0.3 is 23.9 Å². The van der Waals surface area contributed by atoms with Gasteiger partial charge in [-0.15, -0.1) is 0 Å². The summed E-state index contributed by atoms with van der Waals surface area (Å²) in [5.41, 5.74) is 2.38. The van der Waals surface area contributed by atoms with E-state index in [2.05, 4.69) is 0 Å². The number of carbonyl (C=O) groups is 2. The van der Waals surface area contributed by atoms with Gasteiger partial charge in [-0.3, -0.25) is 0 Å². The number of amides is 1. The fourth-order valence-electron chi connectivity index (χ4n) is 3.51. The predicted octanol–water partition coefficient (Wildman–Crippen LogP) is 4.47. The van der Waals surface area contributed by atoms with Gasteiger partial charge in [0.1, 0.15) is 11.5 Å². The van der Waals surface area contributed by atoms with Gasteiger partial charge in [0.25, 0.3) is 0 Å². The van der Waals surface area contributed by atoms with E-state index in [1.807, 2.05) is 36.4 Å². The first-order valence-electron chi connectivity index (χ1n) is 9.81. The van der Waals surface area contributed by atoms with Crippen molar-refractivity contribution in [3.05, 3.63) is 78.0 Å². The molecule has 1 N–H and O–H groups in total. The Balaban J connectivity index is 1.82. The predicted molar refractivity (Wildman–Crippen MR) is 117 cm³/mol. The van der Waals surface area contributed by atoms with Gasteiger partial charge in [0.05, 0.1) is 28.6 Å². The second-order valence-electron chi connectivity index (χ2n) is 7.30. The lowest BCUT2D eigenvalue weighted by Gasteiger charge is -2.14. The monoisotopic (exact) mass is 418 g/mol. The highest BCUT2D eigenvalue weighted by Crippen LogP contribution is 2.38. The molecule has 0 aliphatic carbocycles. The lowest BCUT2D eigenvalue weighted by molar-refractivity contribution is 0.0700. The molecule has 7 nitrogen and oxygen atoms in total. The van der Waals surface area contributed by atoms with Gasteiger partial charge in [-0.2, -0.15) is 0 Å². The van der Waals surface area contributed by atoms with Gasteiger partial charge in [-0.05, 0) is 17.7 Å². The van der Waals surface area contributed by atoms with Gasteiger partial charge in [0.2, 0.25) is 0 Å². The maximum atomic E-state index is 12.1. The van der Waals surface area contributed by atoms with E-state index in [0.29, 0.717) is 35.2 Å². The number of fused-ring (bicyclic) bond motifs is 3. The van der Waals surface area contributed by atoms with Crippen molar-refractivity contribution in [2.24, 2.45) is 0 Å². The quantitative estimate of drug-likeness (QED) is 0.500. The molecule has 0 atom stereocenters. The first kappa shape index (κ1) is 20.3. The summed E-state index contributed by atoms with van der Waals surface area (Å²) >= 11 is 0. The molecule has 0 unspecified atom stereocenters. The molecule has 158 valence electrons. The topological polar surface area (TPSA) is 80.5 Å². The first-order valence-corrected chi connectivity index (χ1v) is 9.81. The molecule has 2 aromatic heterocycles. The summed E-state index contributed by atoms with van der Waals surface area (Å²) in [7, 11) is 3.18. The van der Waals surface area contributed by atoms with Crippen molar-refractivity contribution in [2.75, 3.05) is 20.7 Å². The van der Waals surface area contributed by atoms with Gasteiger partial charge in [-0.1, -0.05) is 36.4 Å². The molecule has 7 heteroatoms. The third-order valence-corrected chi connectivity index (χ3v) is 4.96. The maximum absolute atomic E-state index is 12.1. The van der Waals surface area contributed by atoms with E-state index in [4.69, 9.17) is 9.47 Å². The van der Waals surface area contributed by atoms with Crippen LogP contribution in [0.5, 0.6) is 11.5 Å². The highest BCUT2D eigenvalue weighted by atomic mass is 16.6. The number of aromatic carboxylic acids is 1. The molecule has 0 fully saturated rings. The number of aromatic nitrogens is 1. The lowest BCUT2D eigenvalue weighted by atomic mass is 10.1. The Morgan fingerprint density at radius 1 is 1.00 bits per heavy atom. The SMILES string of the molecule is CN(C)C(=O)Oc1cc(OCCc2ccccc2)c2c(C(=O)O)c3ccccn3c2c1. The number of carbonyl (C=O) groups excluding carboxylic acids is 1. The average molecular weight is 418 g/mol. The second-order valence-corrected chi connectivity index (χ2v) is 7.30. The summed E-state index contributed by atoms with van der Waals surface area (Å²) in [5.74, 6) is -0.415. The lowest BCUT2D eigenvalue weighted by Crippen LogP contribution is -2.25. The van der Waals surface area contributed by atoms with Crippen molar-refractivity contribution in [1.82, 2.24) is 9.30 Å². The molecule has 0 aliphatic rings. The average Bonchev–Trinajstić information content (AvgIpc) is 3.09. The van der Waals surface area contributed by atoms with Crippen LogP contribution < -0.4 is 9.47 Å². The van der Waals surface area contributed by atoms with Gasteiger partial charge in [0.15, 0.2) is 0 Å². The number of carboxylic acids is 1. The van der Waals surface area contributed by atoms with Crippen LogP contribution in [0, 0.1) is 0 Å². The molecule has 2 heterocycles. The van der Waals surface area contributed by atoms with E-state index in [-0.39, 0.29) is 11.3 Å². The van der Waals surface area contributed by atoms with Crippen molar-refractivity contribution in [3.63, 3.8) is 0 Å².